The Hall–Kier alpha value is -1.08. The van der Waals surface area contributed by atoms with Gasteiger partial charge in [-0.2, -0.15) is 0 Å². The Morgan fingerprint density at radius 2 is 2.17 bits per heavy atom. The third-order valence-corrected chi connectivity index (χ3v) is 6.35. The van der Waals surface area contributed by atoms with Crippen LogP contribution in [0.4, 0.5) is 0 Å². The minimum absolute atomic E-state index is 0.0201. The van der Waals surface area contributed by atoms with E-state index in [9.17, 15) is 9.59 Å². The number of rotatable bonds is 5. The normalized spacial score (nSPS) is 21.8. The lowest BCUT2D eigenvalue weighted by molar-refractivity contribution is -0.141. The molecule has 0 bridgehead atoms. The summed E-state index contributed by atoms with van der Waals surface area (Å²) in [6, 6.07) is -0.301. The Balaban J connectivity index is 1.50. The number of hydrogen-bond acceptors (Lipinski definition) is 5. The van der Waals surface area contributed by atoms with E-state index in [-0.39, 0.29) is 23.8 Å². The van der Waals surface area contributed by atoms with Crippen LogP contribution < -0.4 is 5.32 Å². The van der Waals surface area contributed by atoms with Crippen LogP contribution >= 0.6 is 23.1 Å². The van der Waals surface area contributed by atoms with Crippen molar-refractivity contribution >= 4 is 34.9 Å². The summed E-state index contributed by atoms with van der Waals surface area (Å²) in [7, 11) is 0. The van der Waals surface area contributed by atoms with Gasteiger partial charge in [0.05, 0.1) is 16.6 Å². The average Bonchev–Trinajstić information content (AvgIpc) is 3.28. The monoisotopic (exact) mass is 353 g/mol. The summed E-state index contributed by atoms with van der Waals surface area (Å²) in [6.07, 6.45) is 4.99. The highest BCUT2D eigenvalue weighted by Gasteiger charge is 2.38. The number of thiazole rings is 1. The van der Waals surface area contributed by atoms with Crippen LogP contribution in [0.2, 0.25) is 0 Å². The Bertz CT molecular complexity index is 569. The molecule has 2 amide bonds. The summed E-state index contributed by atoms with van der Waals surface area (Å²) >= 11 is 3.30. The Labute approximate surface area is 145 Å². The van der Waals surface area contributed by atoms with E-state index in [1.54, 1.807) is 28.0 Å². The number of nitrogens with one attached hydrogen (secondary N) is 1. The van der Waals surface area contributed by atoms with Gasteiger partial charge in [-0.25, -0.2) is 4.98 Å². The molecule has 23 heavy (non-hydrogen) atoms. The molecule has 3 rings (SSSR count). The molecule has 1 saturated carbocycles. The van der Waals surface area contributed by atoms with E-state index in [0.717, 1.165) is 42.8 Å². The van der Waals surface area contributed by atoms with Crippen molar-refractivity contribution in [3.63, 3.8) is 0 Å². The number of carbonyl (C=O) groups excluding carboxylic acids is 2. The third kappa shape index (κ3) is 4.07. The molecule has 2 aliphatic rings. The van der Waals surface area contributed by atoms with Gasteiger partial charge in [0.2, 0.25) is 11.8 Å². The smallest absolute Gasteiger partial charge is 0.243 e. The molecule has 0 radical (unpaired) electrons. The summed E-state index contributed by atoms with van der Waals surface area (Å²) in [4.78, 5) is 31.2. The highest BCUT2D eigenvalue weighted by molar-refractivity contribution is 7.99. The molecule has 1 saturated heterocycles. The zero-order valence-corrected chi connectivity index (χ0v) is 15.0. The molecular weight excluding hydrogens is 330 g/mol. The first-order valence-corrected chi connectivity index (χ1v) is 10.3. The van der Waals surface area contributed by atoms with E-state index >= 15 is 0 Å². The molecule has 1 aromatic heterocycles. The standard InChI is InChI=1S/C16H23N3O2S2/c1-11-18-13(8-23-11)6-7-17-15(20)14-9-22-10-19(14)16(21)12-4-2-3-5-12/h8,12,14H,2-7,9-10H2,1H3,(H,17,20)/t14-/m0/s1. The van der Waals surface area contributed by atoms with Crippen molar-refractivity contribution in [1.29, 1.82) is 0 Å². The fraction of sp³-hybridized carbons (Fsp3) is 0.688. The molecule has 5 nitrogen and oxygen atoms in total. The van der Waals surface area contributed by atoms with Crippen molar-refractivity contribution in [1.82, 2.24) is 15.2 Å². The quantitative estimate of drug-likeness (QED) is 0.881. The maximum absolute atomic E-state index is 12.6. The van der Waals surface area contributed by atoms with Crippen LogP contribution in [0.25, 0.3) is 0 Å². The van der Waals surface area contributed by atoms with Crippen LogP contribution in [0.5, 0.6) is 0 Å². The van der Waals surface area contributed by atoms with Gasteiger partial charge in [0.25, 0.3) is 0 Å². The lowest BCUT2D eigenvalue weighted by atomic mass is 10.1. The number of nitrogens with zero attached hydrogens (tertiary/aromatic N) is 2. The molecule has 0 spiro atoms. The van der Waals surface area contributed by atoms with Gasteiger partial charge in [-0.05, 0) is 19.8 Å². The van der Waals surface area contributed by atoms with Crippen molar-refractivity contribution < 1.29 is 9.59 Å². The second-order valence-electron chi connectivity index (χ2n) is 6.20. The van der Waals surface area contributed by atoms with Gasteiger partial charge in [0, 0.05) is 30.0 Å². The molecule has 1 aliphatic carbocycles. The van der Waals surface area contributed by atoms with Crippen LogP contribution in [0.3, 0.4) is 0 Å². The van der Waals surface area contributed by atoms with E-state index < -0.39 is 0 Å². The molecule has 7 heteroatoms. The van der Waals surface area contributed by atoms with Gasteiger partial charge in [0.15, 0.2) is 0 Å². The Morgan fingerprint density at radius 3 is 2.87 bits per heavy atom. The minimum Gasteiger partial charge on any atom is -0.354 e. The van der Waals surface area contributed by atoms with Crippen LogP contribution in [0.1, 0.15) is 36.4 Å². The van der Waals surface area contributed by atoms with Gasteiger partial charge < -0.3 is 10.2 Å². The van der Waals surface area contributed by atoms with Crippen molar-refractivity contribution in [3.8, 4) is 0 Å². The molecule has 126 valence electrons. The summed E-state index contributed by atoms with van der Waals surface area (Å²) < 4.78 is 0. The average molecular weight is 354 g/mol. The van der Waals surface area contributed by atoms with Crippen LogP contribution in [-0.2, 0) is 16.0 Å². The lowest BCUT2D eigenvalue weighted by Crippen LogP contribution is -2.49. The van der Waals surface area contributed by atoms with Gasteiger partial charge in [-0.3, -0.25) is 9.59 Å². The van der Waals surface area contributed by atoms with Gasteiger partial charge in [0.1, 0.15) is 6.04 Å². The van der Waals surface area contributed by atoms with Crippen LogP contribution in [0.15, 0.2) is 5.38 Å². The molecule has 0 unspecified atom stereocenters. The van der Waals surface area contributed by atoms with Crippen molar-refractivity contribution in [2.24, 2.45) is 5.92 Å². The van der Waals surface area contributed by atoms with E-state index in [1.165, 1.54) is 0 Å². The van der Waals surface area contributed by atoms with Gasteiger partial charge in [-0.15, -0.1) is 23.1 Å². The predicted molar refractivity (Wildman–Crippen MR) is 93.5 cm³/mol. The number of aromatic nitrogens is 1. The first-order chi connectivity index (χ1) is 11.1. The van der Waals surface area contributed by atoms with Crippen LogP contribution in [-0.4, -0.2) is 45.9 Å². The highest BCUT2D eigenvalue weighted by Crippen LogP contribution is 2.30. The first kappa shape index (κ1) is 16.8. The highest BCUT2D eigenvalue weighted by atomic mass is 32.2. The molecule has 2 heterocycles. The minimum atomic E-state index is -0.301. The zero-order chi connectivity index (χ0) is 16.2. The second kappa shape index (κ2) is 7.66. The van der Waals surface area contributed by atoms with E-state index in [4.69, 9.17) is 0 Å². The summed E-state index contributed by atoms with van der Waals surface area (Å²) in [5.41, 5.74) is 1.02. The third-order valence-electron chi connectivity index (χ3n) is 4.52. The van der Waals surface area contributed by atoms with E-state index in [1.807, 2.05) is 12.3 Å². The van der Waals surface area contributed by atoms with Gasteiger partial charge >= 0.3 is 0 Å². The molecule has 1 atom stereocenters. The van der Waals surface area contributed by atoms with E-state index in [0.29, 0.717) is 18.2 Å². The zero-order valence-electron chi connectivity index (χ0n) is 13.4. The second-order valence-corrected chi connectivity index (χ2v) is 8.27. The largest absolute Gasteiger partial charge is 0.354 e. The summed E-state index contributed by atoms with van der Waals surface area (Å²) in [5, 5.41) is 6.05. The fourth-order valence-corrected chi connectivity index (χ4v) is 5.05. The SMILES string of the molecule is Cc1nc(CCNC(=O)[C@@H]2CSCN2C(=O)C2CCCC2)cs1. The maximum Gasteiger partial charge on any atom is 0.243 e. The number of hydrogen-bond donors (Lipinski definition) is 1. The first-order valence-electron chi connectivity index (χ1n) is 8.22. The number of aryl methyl sites for hydroxylation is 1. The lowest BCUT2D eigenvalue weighted by Gasteiger charge is -2.25. The molecule has 1 aromatic rings. The summed E-state index contributed by atoms with van der Waals surface area (Å²) in [5.74, 6) is 1.66. The predicted octanol–water partition coefficient (Wildman–Crippen LogP) is 2.20. The Morgan fingerprint density at radius 1 is 1.39 bits per heavy atom. The molecular formula is C16H23N3O2S2. The van der Waals surface area contributed by atoms with Crippen molar-refractivity contribution in [3.05, 3.63) is 16.1 Å². The molecule has 1 aliphatic heterocycles. The molecule has 1 N–H and O–H groups in total. The number of thioether (sulfide) groups is 1. The number of amides is 2. The summed E-state index contributed by atoms with van der Waals surface area (Å²) in [6.45, 7) is 2.56. The molecule has 2 fully saturated rings. The van der Waals surface area contributed by atoms with Crippen molar-refractivity contribution in [2.45, 2.75) is 45.1 Å². The fourth-order valence-electron chi connectivity index (χ4n) is 3.24. The maximum atomic E-state index is 12.6. The van der Waals surface area contributed by atoms with Crippen molar-refractivity contribution in [2.75, 3.05) is 18.2 Å². The molecule has 0 aromatic carbocycles. The topological polar surface area (TPSA) is 62.3 Å². The van der Waals surface area contributed by atoms with Gasteiger partial charge in [-0.1, -0.05) is 12.8 Å². The number of carbonyl (C=O) groups is 2. The van der Waals surface area contributed by atoms with E-state index in [2.05, 4.69) is 10.3 Å². The Kier molecular flexibility index (Phi) is 5.58. The van der Waals surface area contributed by atoms with Crippen LogP contribution in [0, 0.1) is 12.8 Å².